The molecule has 36 heavy (non-hydrogen) atoms. The number of rotatable bonds is 13. The first-order valence-electron chi connectivity index (χ1n) is 11.5. The predicted molar refractivity (Wildman–Crippen MR) is 142 cm³/mol. The summed E-state index contributed by atoms with van der Waals surface area (Å²) in [7, 11) is 0. The van der Waals surface area contributed by atoms with Crippen LogP contribution < -0.4 is 24.4 Å². The Labute approximate surface area is 216 Å². The zero-order valence-corrected chi connectivity index (χ0v) is 21.1. The van der Waals surface area contributed by atoms with Crippen molar-refractivity contribution in [3.63, 3.8) is 0 Å². The second kappa shape index (κ2) is 13.8. The number of hydrogen-bond acceptors (Lipinski definition) is 6. The summed E-state index contributed by atoms with van der Waals surface area (Å²) in [5, 5.41) is 4.42. The SMILES string of the molecule is C=CCOc1c(Cl)cc(/C=N/NC(=O)c2ccc(OCc3ccccc3)c(OCC)c2)cc1OCC. The lowest BCUT2D eigenvalue weighted by Crippen LogP contribution is -2.17. The van der Waals surface area contributed by atoms with E-state index in [2.05, 4.69) is 17.1 Å². The van der Waals surface area contributed by atoms with E-state index in [0.717, 1.165) is 5.56 Å². The highest BCUT2D eigenvalue weighted by Gasteiger charge is 2.13. The van der Waals surface area contributed by atoms with E-state index in [9.17, 15) is 4.79 Å². The number of halogens is 1. The van der Waals surface area contributed by atoms with Crippen LogP contribution in [0.2, 0.25) is 5.02 Å². The number of ether oxygens (including phenoxy) is 4. The number of hydrazone groups is 1. The number of amides is 1. The van der Waals surface area contributed by atoms with Gasteiger partial charge >= 0.3 is 0 Å². The van der Waals surface area contributed by atoms with Gasteiger partial charge in [0.05, 0.1) is 24.5 Å². The van der Waals surface area contributed by atoms with Crippen molar-refractivity contribution in [1.82, 2.24) is 5.43 Å². The van der Waals surface area contributed by atoms with Gasteiger partial charge < -0.3 is 18.9 Å². The second-order valence-corrected chi connectivity index (χ2v) is 7.84. The molecule has 0 radical (unpaired) electrons. The minimum atomic E-state index is -0.399. The molecule has 0 saturated heterocycles. The maximum Gasteiger partial charge on any atom is 0.271 e. The molecule has 7 nitrogen and oxygen atoms in total. The van der Waals surface area contributed by atoms with Gasteiger partial charge in [0.1, 0.15) is 13.2 Å². The minimum Gasteiger partial charge on any atom is -0.490 e. The van der Waals surface area contributed by atoms with E-state index in [1.807, 2.05) is 44.2 Å². The number of carbonyl (C=O) groups excluding carboxylic acids is 1. The fourth-order valence-electron chi connectivity index (χ4n) is 3.21. The summed E-state index contributed by atoms with van der Waals surface area (Å²) in [5.74, 6) is 1.54. The van der Waals surface area contributed by atoms with Crippen molar-refractivity contribution in [3.05, 3.63) is 95.0 Å². The molecule has 0 aliphatic rings. The first-order valence-corrected chi connectivity index (χ1v) is 11.9. The number of nitrogens with zero attached hydrogens (tertiary/aromatic N) is 1. The molecule has 1 N–H and O–H groups in total. The summed E-state index contributed by atoms with van der Waals surface area (Å²) in [5.41, 5.74) is 4.56. The number of hydrogen-bond donors (Lipinski definition) is 1. The number of carbonyl (C=O) groups is 1. The molecule has 3 aromatic rings. The van der Waals surface area contributed by atoms with Gasteiger partial charge in [0.2, 0.25) is 0 Å². The molecule has 0 aliphatic heterocycles. The summed E-state index contributed by atoms with van der Waals surface area (Å²) >= 11 is 6.36. The molecule has 3 rings (SSSR count). The van der Waals surface area contributed by atoms with Crippen molar-refractivity contribution >= 4 is 23.7 Å². The van der Waals surface area contributed by atoms with Gasteiger partial charge in [-0.15, -0.1) is 0 Å². The summed E-state index contributed by atoms with van der Waals surface area (Å²) in [6.07, 6.45) is 3.10. The molecule has 8 heteroatoms. The van der Waals surface area contributed by atoms with E-state index in [4.69, 9.17) is 30.5 Å². The standard InChI is InChI=1S/C28H29ClN2O5/c1-4-14-35-27-23(29)15-21(16-26(27)34-6-3)18-30-31-28(32)22-12-13-24(25(17-22)33-5-2)36-19-20-10-8-7-9-11-20/h4,7-13,15-18H,1,5-6,14,19H2,2-3H3,(H,31,32)/b30-18+. The van der Waals surface area contributed by atoms with Crippen molar-refractivity contribution in [3.8, 4) is 23.0 Å². The Morgan fingerprint density at radius 1 is 0.944 bits per heavy atom. The van der Waals surface area contributed by atoms with E-state index in [0.29, 0.717) is 65.6 Å². The van der Waals surface area contributed by atoms with Gasteiger partial charge in [-0.25, -0.2) is 5.43 Å². The van der Waals surface area contributed by atoms with Crippen LogP contribution in [-0.4, -0.2) is 31.9 Å². The molecule has 0 aromatic heterocycles. The molecule has 0 atom stereocenters. The van der Waals surface area contributed by atoms with Gasteiger partial charge in [-0.1, -0.05) is 54.6 Å². The quantitative estimate of drug-likeness (QED) is 0.173. The van der Waals surface area contributed by atoms with Gasteiger partial charge in [-0.3, -0.25) is 4.79 Å². The maximum absolute atomic E-state index is 12.7. The monoisotopic (exact) mass is 508 g/mol. The van der Waals surface area contributed by atoms with Gasteiger partial charge in [0.15, 0.2) is 23.0 Å². The van der Waals surface area contributed by atoms with E-state index in [1.165, 1.54) is 6.21 Å². The van der Waals surface area contributed by atoms with Gasteiger partial charge in [0, 0.05) is 5.56 Å². The van der Waals surface area contributed by atoms with E-state index >= 15 is 0 Å². The highest BCUT2D eigenvalue weighted by Crippen LogP contribution is 2.36. The van der Waals surface area contributed by atoms with Crippen LogP contribution in [0.3, 0.4) is 0 Å². The lowest BCUT2D eigenvalue weighted by atomic mass is 10.2. The van der Waals surface area contributed by atoms with Crippen LogP contribution >= 0.6 is 11.6 Å². The number of nitrogens with one attached hydrogen (secondary N) is 1. The Hall–Kier alpha value is -3.97. The first-order chi connectivity index (χ1) is 17.5. The Bertz CT molecular complexity index is 1200. The molecular formula is C28H29ClN2O5. The topological polar surface area (TPSA) is 78.4 Å². The third-order valence-electron chi connectivity index (χ3n) is 4.80. The lowest BCUT2D eigenvalue weighted by molar-refractivity contribution is 0.0954. The second-order valence-electron chi connectivity index (χ2n) is 7.43. The van der Waals surface area contributed by atoms with Gasteiger partial charge in [0.25, 0.3) is 5.91 Å². The van der Waals surface area contributed by atoms with Crippen LogP contribution in [-0.2, 0) is 6.61 Å². The van der Waals surface area contributed by atoms with Crippen molar-refractivity contribution in [1.29, 1.82) is 0 Å². The largest absolute Gasteiger partial charge is 0.490 e. The van der Waals surface area contributed by atoms with Crippen molar-refractivity contribution in [2.24, 2.45) is 5.10 Å². The zero-order chi connectivity index (χ0) is 25.8. The molecule has 1 amide bonds. The number of benzene rings is 3. The summed E-state index contributed by atoms with van der Waals surface area (Å²) < 4.78 is 22.8. The molecule has 3 aromatic carbocycles. The summed E-state index contributed by atoms with van der Waals surface area (Å²) in [6, 6.07) is 18.2. The minimum absolute atomic E-state index is 0.295. The molecule has 0 aliphatic carbocycles. The highest BCUT2D eigenvalue weighted by atomic mass is 35.5. The molecule has 0 bridgehead atoms. The van der Waals surface area contributed by atoms with Crippen LogP contribution in [0.15, 0.2) is 78.4 Å². The van der Waals surface area contributed by atoms with E-state index in [1.54, 1.807) is 36.4 Å². The van der Waals surface area contributed by atoms with Crippen LogP contribution in [0.4, 0.5) is 0 Å². The van der Waals surface area contributed by atoms with Gasteiger partial charge in [-0.2, -0.15) is 5.10 Å². The van der Waals surface area contributed by atoms with Crippen molar-refractivity contribution < 1.29 is 23.7 Å². The third-order valence-corrected chi connectivity index (χ3v) is 5.08. The van der Waals surface area contributed by atoms with Crippen LogP contribution in [0.1, 0.15) is 35.3 Å². The van der Waals surface area contributed by atoms with Crippen LogP contribution in [0.25, 0.3) is 0 Å². The molecule has 0 unspecified atom stereocenters. The Morgan fingerprint density at radius 3 is 2.42 bits per heavy atom. The summed E-state index contributed by atoms with van der Waals surface area (Å²) in [6.45, 7) is 8.92. The average Bonchev–Trinajstić information content (AvgIpc) is 2.88. The molecular weight excluding hydrogens is 480 g/mol. The molecule has 0 heterocycles. The van der Waals surface area contributed by atoms with Crippen LogP contribution in [0.5, 0.6) is 23.0 Å². The van der Waals surface area contributed by atoms with E-state index in [-0.39, 0.29) is 0 Å². The lowest BCUT2D eigenvalue weighted by Gasteiger charge is -2.13. The molecule has 0 fully saturated rings. The Balaban J connectivity index is 1.69. The summed E-state index contributed by atoms with van der Waals surface area (Å²) in [4.78, 5) is 12.7. The third kappa shape index (κ3) is 7.52. The fourth-order valence-corrected chi connectivity index (χ4v) is 3.48. The average molecular weight is 509 g/mol. The van der Waals surface area contributed by atoms with Crippen LogP contribution in [0, 0.1) is 0 Å². The zero-order valence-electron chi connectivity index (χ0n) is 20.3. The maximum atomic E-state index is 12.7. The fraction of sp³-hybridized carbons (Fsp3) is 0.214. The molecule has 0 saturated carbocycles. The Morgan fingerprint density at radius 2 is 1.69 bits per heavy atom. The first kappa shape index (κ1) is 26.6. The Kier molecular flexibility index (Phi) is 10.2. The highest BCUT2D eigenvalue weighted by molar-refractivity contribution is 6.32. The van der Waals surface area contributed by atoms with Crippen molar-refractivity contribution in [2.45, 2.75) is 20.5 Å². The molecule has 188 valence electrons. The normalized spacial score (nSPS) is 10.6. The smallest absolute Gasteiger partial charge is 0.271 e. The van der Waals surface area contributed by atoms with E-state index < -0.39 is 5.91 Å². The molecule has 0 spiro atoms. The predicted octanol–water partition coefficient (Wildman–Crippen LogP) is 6.05. The van der Waals surface area contributed by atoms with Gasteiger partial charge in [-0.05, 0) is 55.3 Å². The van der Waals surface area contributed by atoms with Crippen molar-refractivity contribution in [2.75, 3.05) is 19.8 Å².